The van der Waals surface area contributed by atoms with E-state index in [0.29, 0.717) is 23.6 Å². The summed E-state index contributed by atoms with van der Waals surface area (Å²) in [5, 5.41) is 5.70. The molecule has 0 aliphatic carbocycles. The van der Waals surface area contributed by atoms with Crippen LogP contribution in [0.25, 0.3) is 0 Å². The molecule has 1 aromatic carbocycles. The normalized spacial score (nSPS) is 23.4. The number of rotatable bonds is 7. The van der Waals surface area contributed by atoms with E-state index >= 15 is 0 Å². The summed E-state index contributed by atoms with van der Waals surface area (Å²) in [6, 6.07) is 5.95. The maximum absolute atomic E-state index is 13.2. The first-order valence-corrected chi connectivity index (χ1v) is 12.2. The summed E-state index contributed by atoms with van der Waals surface area (Å²) in [6.45, 7) is 4.63. The fourth-order valence-electron chi connectivity index (χ4n) is 5.05. The van der Waals surface area contributed by atoms with Crippen molar-refractivity contribution in [2.45, 2.75) is 51.1 Å². The Hall–Kier alpha value is -3.07. The first-order valence-electron chi connectivity index (χ1n) is 12.2. The molecular formula is C25H34N4O5. The zero-order valence-corrected chi connectivity index (χ0v) is 20.0. The predicted molar refractivity (Wildman–Crippen MR) is 126 cm³/mol. The molecule has 3 aliphatic rings. The highest BCUT2D eigenvalue weighted by atomic mass is 16.5. The predicted octanol–water partition coefficient (Wildman–Crippen LogP) is 2.34. The highest BCUT2D eigenvalue weighted by Crippen LogP contribution is 2.31. The van der Waals surface area contributed by atoms with Gasteiger partial charge in [0, 0.05) is 25.3 Å². The van der Waals surface area contributed by atoms with Crippen molar-refractivity contribution in [2.75, 3.05) is 39.9 Å². The second kappa shape index (κ2) is 10.9. The van der Waals surface area contributed by atoms with Crippen molar-refractivity contribution in [3.05, 3.63) is 41.1 Å². The van der Waals surface area contributed by atoms with Gasteiger partial charge < -0.3 is 25.0 Å². The van der Waals surface area contributed by atoms with Crippen molar-refractivity contribution in [3.63, 3.8) is 0 Å². The summed E-state index contributed by atoms with van der Waals surface area (Å²) in [5.41, 5.74) is 1.60. The summed E-state index contributed by atoms with van der Waals surface area (Å²) < 4.78 is 10.6. The van der Waals surface area contributed by atoms with Crippen molar-refractivity contribution >= 4 is 17.9 Å². The van der Waals surface area contributed by atoms with Gasteiger partial charge in [0.05, 0.1) is 31.4 Å². The lowest BCUT2D eigenvalue weighted by Gasteiger charge is -2.38. The van der Waals surface area contributed by atoms with Crippen molar-refractivity contribution < 1.29 is 23.9 Å². The van der Waals surface area contributed by atoms with Crippen LogP contribution in [0, 0.1) is 0 Å². The zero-order valence-electron chi connectivity index (χ0n) is 20.0. The lowest BCUT2D eigenvalue weighted by molar-refractivity contribution is -0.139. The van der Waals surface area contributed by atoms with E-state index in [-0.39, 0.29) is 24.6 Å². The Morgan fingerprint density at radius 1 is 1.06 bits per heavy atom. The number of benzene rings is 1. The maximum Gasteiger partial charge on any atom is 0.338 e. The molecule has 3 amide bonds. The molecule has 1 aromatic rings. The Morgan fingerprint density at radius 2 is 1.76 bits per heavy atom. The molecule has 9 heteroatoms. The number of esters is 1. The second-order valence-corrected chi connectivity index (χ2v) is 8.93. The highest BCUT2D eigenvalue weighted by Gasteiger charge is 2.38. The van der Waals surface area contributed by atoms with Gasteiger partial charge >= 0.3 is 12.0 Å². The fraction of sp³-hybridized carbons (Fsp3) is 0.560. The first kappa shape index (κ1) is 24.1. The van der Waals surface area contributed by atoms with Crippen LogP contribution in [0.4, 0.5) is 4.79 Å². The molecule has 2 saturated heterocycles. The maximum atomic E-state index is 13.2. The van der Waals surface area contributed by atoms with E-state index in [1.165, 1.54) is 0 Å². The molecule has 2 fully saturated rings. The lowest BCUT2D eigenvalue weighted by Crippen LogP contribution is -2.54. The second-order valence-electron chi connectivity index (χ2n) is 8.93. The van der Waals surface area contributed by atoms with Crippen molar-refractivity contribution in [1.82, 2.24) is 20.4 Å². The third-order valence-corrected chi connectivity index (χ3v) is 6.78. The number of carbonyl (C=O) groups excluding carboxylic acids is 3. The molecule has 0 radical (unpaired) electrons. The number of likely N-dealkylation sites (tertiary alicyclic amines) is 2. The number of piperidine rings is 1. The van der Waals surface area contributed by atoms with Crippen LogP contribution in [0.5, 0.6) is 5.75 Å². The van der Waals surface area contributed by atoms with Gasteiger partial charge in [0.1, 0.15) is 5.75 Å². The Morgan fingerprint density at radius 3 is 2.44 bits per heavy atom. The van der Waals surface area contributed by atoms with E-state index in [1.54, 1.807) is 26.2 Å². The third-order valence-electron chi connectivity index (χ3n) is 6.78. The average molecular weight is 471 g/mol. The summed E-state index contributed by atoms with van der Waals surface area (Å²) >= 11 is 0. The van der Waals surface area contributed by atoms with Gasteiger partial charge in [-0.25, -0.2) is 9.59 Å². The quantitative estimate of drug-likeness (QED) is 0.594. The summed E-state index contributed by atoms with van der Waals surface area (Å²) in [5.74, 6) is 0.357. The highest BCUT2D eigenvalue weighted by molar-refractivity contribution is 5.95. The van der Waals surface area contributed by atoms with E-state index in [0.717, 1.165) is 57.3 Å². The van der Waals surface area contributed by atoms with E-state index in [1.807, 2.05) is 17.0 Å². The first-order chi connectivity index (χ1) is 16.5. The SMILES string of the molecule is CCOC(=O)C1=C(CN2CCCCC2C(=O)N2CCCC2)NC(=O)NC1c1ccc(OC)cc1. The van der Waals surface area contributed by atoms with E-state index in [9.17, 15) is 14.4 Å². The van der Waals surface area contributed by atoms with Gasteiger partial charge in [-0.15, -0.1) is 0 Å². The smallest absolute Gasteiger partial charge is 0.338 e. The monoisotopic (exact) mass is 470 g/mol. The molecule has 3 aliphatic heterocycles. The number of urea groups is 1. The van der Waals surface area contributed by atoms with Crippen molar-refractivity contribution in [1.29, 1.82) is 0 Å². The van der Waals surface area contributed by atoms with Crippen molar-refractivity contribution in [3.8, 4) is 5.75 Å². The van der Waals surface area contributed by atoms with E-state index < -0.39 is 12.0 Å². The lowest BCUT2D eigenvalue weighted by atomic mass is 9.94. The fourth-order valence-corrected chi connectivity index (χ4v) is 5.05. The Kier molecular flexibility index (Phi) is 7.72. The average Bonchev–Trinajstić information content (AvgIpc) is 3.39. The molecule has 0 aromatic heterocycles. The molecule has 4 rings (SSSR count). The van der Waals surface area contributed by atoms with Crippen LogP contribution in [-0.4, -0.2) is 73.6 Å². The van der Waals surface area contributed by atoms with Crippen LogP contribution in [0.15, 0.2) is 35.5 Å². The van der Waals surface area contributed by atoms with Crippen LogP contribution >= 0.6 is 0 Å². The molecule has 2 unspecified atom stereocenters. The molecule has 184 valence electrons. The van der Waals surface area contributed by atoms with Crippen LogP contribution < -0.4 is 15.4 Å². The van der Waals surface area contributed by atoms with Crippen LogP contribution in [-0.2, 0) is 14.3 Å². The number of hydrogen-bond acceptors (Lipinski definition) is 6. The minimum Gasteiger partial charge on any atom is -0.497 e. The topological polar surface area (TPSA) is 100 Å². The summed E-state index contributed by atoms with van der Waals surface area (Å²) in [4.78, 5) is 43.0. The molecular weight excluding hydrogens is 436 g/mol. The van der Waals surface area contributed by atoms with Gasteiger partial charge in [0.2, 0.25) is 5.91 Å². The number of nitrogens with zero attached hydrogens (tertiary/aromatic N) is 2. The molecule has 0 saturated carbocycles. The number of nitrogens with one attached hydrogen (secondary N) is 2. The number of ether oxygens (including phenoxy) is 2. The Bertz CT molecular complexity index is 939. The minimum atomic E-state index is -0.661. The molecule has 9 nitrogen and oxygen atoms in total. The van der Waals surface area contributed by atoms with Gasteiger partial charge in [0.25, 0.3) is 0 Å². The van der Waals surface area contributed by atoms with Crippen molar-refractivity contribution in [2.24, 2.45) is 0 Å². The third kappa shape index (κ3) is 5.19. The van der Waals surface area contributed by atoms with E-state index in [4.69, 9.17) is 9.47 Å². The molecule has 2 N–H and O–H groups in total. The molecule has 2 atom stereocenters. The van der Waals surface area contributed by atoms with Gasteiger partial charge in [-0.3, -0.25) is 9.69 Å². The Balaban J connectivity index is 1.66. The number of hydrogen-bond donors (Lipinski definition) is 2. The number of amides is 3. The molecule has 0 spiro atoms. The van der Waals surface area contributed by atoms with E-state index in [2.05, 4.69) is 15.5 Å². The van der Waals surface area contributed by atoms with Crippen LogP contribution in [0.3, 0.4) is 0 Å². The zero-order chi connectivity index (χ0) is 24.1. The van der Waals surface area contributed by atoms with Gasteiger partial charge in [0.15, 0.2) is 0 Å². The van der Waals surface area contributed by atoms with Crippen LogP contribution in [0.2, 0.25) is 0 Å². The number of methoxy groups -OCH3 is 1. The van der Waals surface area contributed by atoms with Gasteiger partial charge in [-0.05, 0) is 56.8 Å². The standard InChI is InChI=1S/C25H34N4O5/c1-3-34-24(31)21-19(26-25(32)27-22(21)17-9-11-18(33-2)12-10-17)16-29-15-5-4-8-20(29)23(30)28-13-6-7-14-28/h9-12,20,22H,3-8,13-16H2,1-2H3,(H2,26,27,32). The summed E-state index contributed by atoms with van der Waals surface area (Å²) in [7, 11) is 1.59. The van der Waals surface area contributed by atoms with Gasteiger partial charge in [-0.1, -0.05) is 18.6 Å². The molecule has 0 bridgehead atoms. The molecule has 3 heterocycles. The summed E-state index contributed by atoms with van der Waals surface area (Å²) in [6.07, 6.45) is 4.84. The molecule has 34 heavy (non-hydrogen) atoms. The minimum absolute atomic E-state index is 0.155. The largest absolute Gasteiger partial charge is 0.497 e. The van der Waals surface area contributed by atoms with Gasteiger partial charge in [-0.2, -0.15) is 0 Å². The Labute approximate surface area is 200 Å². The number of carbonyl (C=O) groups is 3. The van der Waals surface area contributed by atoms with Crippen LogP contribution in [0.1, 0.15) is 50.6 Å².